The Labute approximate surface area is 186 Å². The fourth-order valence-electron chi connectivity index (χ4n) is 3.96. The van der Waals surface area contributed by atoms with Crippen LogP contribution in [0.3, 0.4) is 0 Å². The zero-order valence-electron chi connectivity index (χ0n) is 17.8. The van der Waals surface area contributed by atoms with Crippen LogP contribution < -0.4 is 20.7 Å². The minimum atomic E-state index is -0.152. The Balaban J connectivity index is 1.17. The van der Waals surface area contributed by atoms with E-state index in [0.29, 0.717) is 23.5 Å². The van der Waals surface area contributed by atoms with Gasteiger partial charge in [0.1, 0.15) is 11.6 Å². The van der Waals surface area contributed by atoms with Crippen molar-refractivity contribution in [1.29, 1.82) is 0 Å². The topological polar surface area (TPSA) is 83.7 Å². The molecule has 1 fully saturated rings. The molecule has 0 radical (unpaired) electrons. The van der Waals surface area contributed by atoms with Crippen molar-refractivity contribution in [2.24, 2.45) is 0 Å². The van der Waals surface area contributed by atoms with Gasteiger partial charge in [-0.15, -0.1) is 0 Å². The number of para-hydroxylation sites is 1. The Hall–Kier alpha value is -2.84. The number of benzene rings is 2. The quantitative estimate of drug-likeness (QED) is 0.414. The number of unbranched alkanes of at least 4 members (excludes halogenated alkanes) is 1. The van der Waals surface area contributed by atoms with Crippen molar-refractivity contribution < 1.29 is 9.53 Å². The summed E-state index contributed by atoms with van der Waals surface area (Å²) in [7, 11) is 1.55. The van der Waals surface area contributed by atoms with Gasteiger partial charge in [-0.1, -0.05) is 18.2 Å². The molecule has 1 aromatic heterocycles. The van der Waals surface area contributed by atoms with E-state index in [2.05, 4.69) is 43.8 Å². The third-order valence-corrected chi connectivity index (χ3v) is 6.56. The maximum atomic E-state index is 12.4. The fraction of sp³-hybridized carbons (Fsp3) is 0.391. The number of methoxy groups -OCH3 is 1. The molecule has 1 aliphatic heterocycles. The predicted molar refractivity (Wildman–Crippen MR) is 127 cm³/mol. The molecule has 2 heterocycles. The maximum absolute atomic E-state index is 12.4. The number of nitrogens with zero attached hydrogens (tertiary/aromatic N) is 3. The van der Waals surface area contributed by atoms with Crippen LogP contribution in [0.1, 0.15) is 23.2 Å². The van der Waals surface area contributed by atoms with Crippen molar-refractivity contribution in [2.75, 3.05) is 57.0 Å². The molecule has 3 N–H and O–H groups in total. The van der Waals surface area contributed by atoms with Crippen LogP contribution in [0.2, 0.25) is 0 Å². The van der Waals surface area contributed by atoms with Crippen LogP contribution in [0, 0.1) is 0 Å². The fourth-order valence-corrected chi connectivity index (χ4v) is 4.76. The Morgan fingerprint density at radius 1 is 1.13 bits per heavy atom. The van der Waals surface area contributed by atoms with Crippen molar-refractivity contribution >= 4 is 39.0 Å². The van der Waals surface area contributed by atoms with Gasteiger partial charge in [0.25, 0.3) is 5.91 Å². The van der Waals surface area contributed by atoms with E-state index in [1.165, 1.54) is 10.1 Å². The Kier molecular flexibility index (Phi) is 6.89. The van der Waals surface area contributed by atoms with Gasteiger partial charge in [-0.25, -0.2) is 0 Å². The first-order valence-electron chi connectivity index (χ1n) is 10.7. The van der Waals surface area contributed by atoms with Gasteiger partial charge < -0.3 is 20.7 Å². The van der Waals surface area contributed by atoms with Crippen LogP contribution in [0.4, 0.5) is 11.5 Å². The molecule has 0 saturated carbocycles. The van der Waals surface area contributed by atoms with Crippen LogP contribution in [0.15, 0.2) is 42.5 Å². The van der Waals surface area contributed by atoms with Crippen LogP contribution in [0.5, 0.6) is 5.75 Å². The lowest BCUT2D eigenvalue weighted by Crippen LogP contribution is -2.46. The third-order valence-electron chi connectivity index (χ3n) is 5.75. The summed E-state index contributed by atoms with van der Waals surface area (Å²) in [6, 6.07) is 13.7. The van der Waals surface area contributed by atoms with Gasteiger partial charge in [-0.2, -0.15) is 4.37 Å². The minimum Gasteiger partial charge on any atom is -0.495 e. The minimum absolute atomic E-state index is 0.152. The van der Waals surface area contributed by atoms with E-state index in [-0.39, 0.29) is 5.91 Å². The Morgan fingerprint density at radius 3 is 2.74 bits per heavy atom. The van der Waals surface area contributed by atoms with Crippen molar-refractivity contribution in [3.63, 3.8) is 0 Å². The molecule has 31 heavy (non-hydrogen) atoms. The lowest BCUT2D eigenvalue weighted by Gasteiger charge is -2.35. The number of hydrogen-bond donors (Lipinski definition) is 2. The number of piperazine rings is 1. The van der Waals surface area contributed by atoms with Crippen LogP contribution in [-0.4, -0.2) is 61.6 Å². The molecule has 4 rings (SSSR count). The highest BCUT2D eigenvalue weighted by molar-refractivity contribution is 7.13. The molecule has 1 aliphatic rings. The van der Waals surface area contributed by atoms with Gasteiger partial charge in [-0.05, 0) is 55.2 Å². The molecule has 0 unspecified atom stereocenters. The highest BCUT2D eigenvalue weighted by Crippen LogP contribution is 2.29. The second-order valence-electron chi connectivity index (χ2n) is 7.72. The lowest BCUT2D eigenvalue weighted by atomic mass is 10.1. The molecule has 0 aliphatic carbocycles. The summed E-state index contributed by atoms with van der Waals surface area (Å²) in [5.41, 5.74) is 6.84. The largest absolute Gasteiger partial charge is 0.495 e. The average Bonchev–Trinajstić information content (AvgIpc) is 3.23. The molecule has 3 aromatic rings. The van der Waals surface area contributed by atoms with E-state index < -0.39 is 0 Å². The van der Waals surface area contributed by atoms with E-state index in [4.69, 9.17) is 10.5 Å². The highest BCUT2D eigenvalue weighted by Gasteiger charge is 2.20. The average molecular weight is 440 g/mol. The van der Waals surface area contributed by atoms with Crippen molar-refractivity contribution in [3.8, 4) is 5.75 Å². The first-order chi connectivity index (χ1) is 15.2. The zero-order chi connectivity index (χ0) is 21.6. The molecule has 0 spiro atoms. The van der Waals surface area contributed by atoms with Crippen molar-refractivity contribution in [3.05, 3.63) is 48.0 Å². The molecule has 164 valence electrons. The summed E-state index contributed by atoms with van der Waals surface area (Å²) < 4.78 is 11.1. The molecule has 2 aromatic carbocycles. The Morgan fingerprint density at radius 2 is 1.94 bits per heavy atom. The molecular formula is C23H29N5O2S. The van der Waals surface area contributed by atoms with E-state index >= 15 is 0 Å². The number of anilines is 2. The highest BCUT2D eigenvalue weighted by atomic mass is 32.1. The van der Waals surface area contributed by atoms with Crippen LogP contribution >= 0.6 is 11.5 Å². The van der Waals surface area contributed by atoms with Crippen molar-refractivity contribution in [2.45, 2.75) is 12.8 Å². The predicted octanol–water partition coefficient (Wildman–Crippen LogP) is 3.22. The monoisotopic (exact) mass is 439 g/mol. The molecule has 1 saturated heterocycles. The van der Waals surface area contributed by atoms with Gasteiger partial charge in [0.2, 0.25) is 0 Å². The van der Waals surface area contributed by atoms with E-state index in [0.717, 1.165) is 51.4 Å². The first kappa shape index (κ1) is 21.4. The second-order valence-corrected chi connectivity index (χ2v) is 8.52. The standard InChI is InChI=1S/C23H29N5O2S/c1-30-19-9-6-8-18(21(19)24)23(29)25-11-4-5-12-27-13-15-28(16-14-27)22-17-7-2-3-10-20(17)31-26-22/h2-3,6-10H,4-5,11-16,24H2,1H3,(H,25,29). The summed E-state index contributed by atoms with van der Waals surface area (Å²) in [5, 5.41) is 4.22. The number of ether oxygens (including phenoxy) is 1. The summed E-state index contributed by atoms with van der Waals surface area (Å²) in [6.07, 6.45) is 1.99. The summed E-state index contributed by atoms with van der Waals surface area (Å²) in [4.78, 5) is 17.3. The Bertz CT molecular complexity index is 1030. The van der Waals surface area contributed by atoms with E-state index in [9.17, 15) is 4.79 Å². The number of carbonyl (C=O) groups is 1. The maximum Gasteiger partial charge on any atom is 0.253 e. The van der Waals surface area contributed by atoms with Crippen LogP contribution in [-0.2, 0) is 0 Å². The number of nitrogens with one attached hydrogen (secondary N) is 1. The normalized spacial score (nSPS) is 14.7. The smallest absolute Gasteiger partial charge is 0.253 e. The summed E-state index contributed by atoms with van der Waals surface area (Å²) >= 11 is 1.58. The SMILES string of the molecule is COc1cccc(C(=O)NCCCCN2CCN(c3nsc4ccccc34)CC2)c1N. The number of carbonyl (C=O) groups excluding carboxylic acids is 1. The third kappa shape index (κ3) is 4.91. The lowest BCUT2D eigenvalue weighted by molar-refractivity contribution is 0.0953. The molecule has 7 nitrogen and oxygen atoms in total. The first-order valence-corrected chi connectivity index (χ1v) is 11.5. The number of fused-ring (bicyclic) bond motifs is 1. The number of nitrogens with two attached hydrogens (primary N) is 1. The van der Waals surface area contributed by atoms with E-state index in [1.807, 2.05) is 0 Å². The molecule has 1 amide bonds. The zero-order valence-corrected chi connectivity index (χ0v) is 18.7. The summed E-state index contributed by atoms with van der Waals surface area (Å²) in [5.74, 6) is 1.50. The van der Waals surface area contributed by atoms with Crippen molar-refractivity contribution in [1.82, 2.24) is 14.6 Å². The second kappa shape index (κ2) is 9.98. The number of nitrogen functional groups attached to an aromatic ring is 1. The molecule has 8 heteroatoms. The van der Waals surface area contributed by atoms with Gasteiger partial charge in [0.15, 0.2) is 0 Å². The van der Waals surface area contributed by atoms with Crippen LogP contribution in [0.25, 0.3) is 10.1 Å². The molecule has 0 bridgehead atoms. The van der Waals surface area contributed by atoms with Gasteiger partial charge in [-0.3, -0.25) is 9.69 Å². The molecular weight excluding hydrogens is 410 g/mol. The van der Waals surface area contributed by atoms with Gasteiger partial charge in [0, 0.05) is 38.1 Å². The van der Waals surface area contributed by atoms with E-state index in [1.54, 1.807) is 36.8 Å². The number of aromatic nitrogens is 1. The van der Waals surface area contributed by atoms with Gasteiger partial charge >= 0.3 is 0 Å². The number of hydrogen-bond acceptors (Lipinski definition) is 7. The summed E-state index contributed by atoms with van der Waals surface area (Å²) in [6.45, 7) is 5.76. The number of amides is 1. The van der Waals surface area contributed by atoms with Gasteiger partial charge in [0.05, 0.1) is 23.1 Å². The molecule has 0 atom stereocenters. The number of rotatable bonds is 8.